The number of hydrogen-bond acceptors (Lipinski definition) is 2. The van der Waals surface area contributed by atoms with Crippen molar-refractivity contribution in [1.29, 1.82) is 0 Å². The highest BCUT2D eigenvalue weighted by Gasteiger charge is 2.15. The molecule has 1 aromatic rings. The van der Waals surface area contributed by atoms with Gasteiger partial charge in [-0.2, -0.15) is 0 Å². The fraction of sp³-hybridized carbons (Fsp3) is 0.417. The van der Waals surface area contributed by atoms with E-state index in [4.69, 9.17) is 28.3 Å². The van der Waals surface area contributed by atoms with Crippen LogP contribution in [0, 0.1) is 5.92 Å². The van der Waals surface area contributed by atoms with E-state index in [-0.39, 0.29) is 24.5 Å². The van der Waals surface area contributed by atoms with Crippen molar-refractivity contribution in [2.75, 3.05) is 6.61 Å². The molecule has 2 N–H and O–H groups in total. The summed E-state index contributed by atoms with van der Waals surface area (Å²) in [4.78, 5) is 11.8. The van der Waals surface area contributed by atoms with Crippen molar-refractivity contribution in [3.8, 4) is 0 Å². The second-order valence-electron chi connectivity index (χ2n) is 4.05. The molecule has 0 saturated carbocycles. The van der Waals surface area contributed by atoms with Crippen molar-refractivity contribution in [3.05, 3.63) is 33.8 Å². The summed E-state index contributed by atoms with van der Waals surface area (Å²) in [6.45, 7) is 3.74. The lowest BCUT2D eigenvalue weighted by molar-refractivity contribution is 0.0916. The van der Waals surface area contributed by atoms with Crippen LogP contribution in [0.2, 0.25) is 10.0 Å². The molecule has 0 aliphatic heterocycles. The maximum absolute atomic E-state index is 11.8. The van der Waals surface area contributed by atoms with Gasteiger partial charge in [-0.25, -0.2) is 0 Å². The first-order chi connectivity index (χ1) is 7.95. The molecule has 1 amide bonds. The molecule has 0 bridgehead atoms. The number of nitrogens with one attached hydrogen (secondary N) is 1. The van der Waals surface area contributed by atoms with Crippen molar-refractivity contribution in [2.45, 2.75) is 19.9 Å². The van der Waals surface area contributed by atoms with E-state index in [1.165, 1.54) is 6.07 Å². The van der Waals surface area contributed by atoms with Gasteiger partial charge in [0, 0.05) is 18.2 Å². The van der Waals surface area contributed by atoms with E-state index in [2.05, 4.69) is 5.32 Å². The zero-order chi connectivity index (χ0) is 13.0. The number of amides is 1. The number of halogens is 2. The van der Waals surface area contributed by atoms with Gasteiger partial charge < -0.3 is 10.4 Å². The Morgan fingerprint density at radius 1 is 1.35 bits per heavy atom. The van der Waals surface area contributed by atoms with E-state index in [0.29, 0.717) is 15.6 Å². The zero-order valence-corrected chi connectivity index (χ0v) is 11.2. The van der Waals surface area contributed by atoms with Crippen LogP contribution in [0.3, 0.4) is 0 Å². The molecule has 2 atom stereocenters. The Morgan fingerprint density at radius 3 is 2.53 bits per heavy atom. The second-order valence-corrected chi connectivity index (χ2v) is 4.87. The summed E-state index contributed by atoms with van der Waals surface area (Å²) in [6.07, 6.45) is 0. The summed E-state index contributed by atoms with van der Waals surface area (Å²) in [6, 6.07) is 4.61. The Labute approximate surface area is 111 Å². The van der Waals surface area contributed by atoms with Crippen LogP contribution in [0.25, 0.3) is 0 Å². The Balaban J connectivity index is 2.73. The SMILES string of the molecule is CC(CO)C(C)NC(=O)c1ccc(Cl)c(Cl)c1. The quantitative estimate of drug-likeness (QED) is 0.888. The average molecular weight is 276 g/mol. The predicted molar refractivity (Wildman–Crippen MR) is 69.6 cm³/mol. The molecular weight excluding hydrogens is 261 g/mol. The van der Waals surface area contributed by atoms with E-state index in [0.717, 1.165) is 0 Å². The third-order valence-electron chi connectivity index (χ3n) is 2.68. The summed E-state index contributed by atoms with van der Waals surface area (Å²) < 4.78 is 0. The molecule has 0 aromatic heterocycles. The molecule has 0 aliphatic carbocycles. The molecule has 94 valence electrons. The largest absolute Gasteiger partial charge is 0.396 e. The van der Waals surface area contributed by atoms with Gasteiger partial charge in [0.1, 0.15) is 0 Å². The number of rotatable bonds is 4. The van der Waals surface area contributed by atoms with Gasteiger partial charge >= 0.3 is 0 Å². The number of carbonyl (C=O) groups excluding carboxylic acids is 1. The third kappa shape index (κ3) is 3.87. The molecule has 0 aliphatic rings. The monoisotopic (exact) mass is 275 g/mol. The number of benzene rings is 1. The van der Waals surface area contributed by atoms with Crippen LogP contribution >= 0.6 is 23.2 Å². The molecular formula is C12H15Cl2NO2. The first-order valence-electron chi connectivity index (χ1n) is 5.32. The molecule has 0 saturated heterocycles. The van der Waals surface area contributed by atoms with E-state index >= 15 is 0 Å². The molecule has 2 unspecified atom stereocenters. The van der Waals surface area contributed by atoms with E-state index in [1.54, 1.807) is 12.1 Å². The van der Waals surface area contributed by atoms with Gasteiger partial charge in [-0.1, -0.05) is 30.1 Å². The Hall–Kier alpha value is -0.770. The lowest BCUT2D eigenvalue weighted by Gasteiger charge is -2.19. The molecule has 0 radical (unpaired) electrons. The summed E-state index contributed by atoms with van der Waals surface area (Å²) in [7, 11) is 0. The lowest BCUT2D eigenvalue weighted by Crippen LogP contribution is -2.38. The summed E-state index contributed by atoms with van der Waals surface area (Å²) in [5, 5.41) is 12.5. The molecule has 17 heavy (non-hydrogen) atoms. The smallest absolute Gasteiger partial charge is 0.251 e. The van der Waals surface area contributed by atoms with Gasteiger partial charge in [-0.15, -0.1) is 0 Å². The molecule has 0 heterocycles. The van der Waals surface area contributed by atoms with E-state index < -0.39 is 0 Å². The van der Waals surface area contributed by atoms with Gasteiger partial charge in [0.15, 0.2) is 0 Å². The first kappa shape index (κ1) is 14.3. The van der Waals surface area contributed by atoms with Gasteiger partial charge in [0.2, 0.25) is 0 Å². The fourth-order valence-corrected chi connectivity index (χ4v) is 1.53. The van der Waals surface area contributed by atoms with Crippen molar-refractivity contribution in [2.24, 2.45) is 5.92 Å². The highest BCUT2D eigenvalue weighted by Crippen LogP contribution is 2.22. The van der Waals surface area contributed by atoms with Crippen LogP contribution in [0.4, 0.5) is 0 Å². The third-order valence-corrected chi connectivity index (χ3v) is 3.42. The van der Waals surface area contributed by atoms with Crippen molar-refractivity contribution >= 4 is 29.1 Å². The number of aliphatic hydroxyl groups is 1. The average Bonchev–Trinajstić information content (AvgIpc) is 2.31. The minimum atomic E-state index is -0.226. The Bertz CT molecular complexity index is 409. The highest BCUT2D eigenvalue weighted by atomic mass is 35.5. The summed E-state index contributed by atoms with van der Waals surface area (Å²) in [5.74, 6) is -0.224. The minimum Gasteiger partial charge on any atom is -0.396 e. The molecule has 0 fully saturated rings. The predicted octanol–water partition coefficient (Wildman–Crippen LogP) is 2.74. The fourth-order valence-electron chi connectivity index (χ4n) is 1.23. The number of carbonyl (C=O) groups is 1. The van der Waals surface area contributed by atoms with Crippen LogP contribution in [0.15, 0.2) is 18.2 Å². The van der Waals surface area contributed by atoms with Crippen LogP contribution < -0.4 is 5.32 Å². The summed E-state index contributed by atoms with van der Waals surface area (Å²) >= 11 is 11.6. The van der Waals surface area contributed by atoms with Crippen molar-refractivity contribution in [3.63, 3.8) is 0 Å². The van der Waals surface area contributed by atoms with Crippen molar-refractivity contribution in [1.82, 2.24) is 5.32 Å². The second kappa shape index (κ2) is 6.24. The van der Waals surface area contributed by atoms with Gasteiger partial charge in [0.25, 0.3) is 5.91 Å². The zero-order valence-electron chi connectivity index (χ0n) is 9.71. The molecule has 1 aromatic carbocycles. The van der Waals surface area contributed by atoms with Gasteiger partial charge in [-0.3, -0.25) is 4.79 Å². The maximum Gasteiger partial charge on any atom is 0.251 e. The number of hydrogen-bond donors (Lipinski definition) is 2. The minimum absolute atomic E-state index is 0.00159. The van der Waals surface area contributed by atoms with Crippen LogP contribution in [0.5, 0.6) is 0 Å². The van der Waals surface area contributed by atoms with Crippen LogP contribution in [-0.4, -0.2) is 23.7 Å². The molecule has 5 heteroatoms. The standard InChI is InChI=1S/C12H15Cl2NO2/c1-7(6-16)8(2)15-12(17)9-3-4-10(13)11(14)5-9/h3-5,7-8,16H,6H2,1-2H3,(H,15,17). The Morgan fingerprint density at radius 2 is 2.00 bits per heavy atom. The lowest BCUT2D eigenvalue weighted by atomic mass is 10.0. The van der Waals surface area contributed by atoms with Crippen LogP contribution in [-0.2, 0) is 0 Å². The van der Waals surface area contributed by atoms with Crippen LogP contribution in [0.1, 0.15) is 24.2 Å². The molecule has 3 nitrogen and oxygen atoms in total. The topological polar surface area (TPSA) is 49.3 Å². The van der Waals surface area contributed by atoms with Gasteiger partial charge in [0.05, 0.1) is 10.0 Å². The van der Waals surface area contributed by atoms with E-state index in [9.17, 15) is 4.79 Å². The molecule has 0 spiro atoms. The molecule has 1 rings (SSSR count). The first-order valence-corrected chi connectivity index (χ1v) is 6.08. The van der Waals surface area contributed by atoms with E-state index in [1.807, 2.05) is 13.8 Å². The number of aliphatic hydroxyl groups excluding tert-OH is 1. The maximum atomic E-state index is 11.8. The normalized spacial score (nSPS) is 14.2. The summed E-state index contributed by atoms with van der Waals surface area (Å²) in [5.41, 5.74) is 0.455. The highest BCUT2D eigenvalue weighted by molar-refractivity contribution is 6.42. The van der Waals surface area contributed by atoms with Gasteiger partial charge in [-0.05, 0) is 31.0 Å². The Kier molecular flexibility index (Phi) is 5.25. The van der Waals surface area contributed by atoms with Crippen molar-refractivity contribution < 1.29 is 9.90 Å².